The third-order valence-electron chi connectivity index (χ3n) is 4.00. The first kappa shape index (κ1) is 15.6. The lowest BCUT2D eigenvalue weighted by Crippen LogP contribution is -2.17. The monoisotopic (exact) mass is 336 g/mol. The lowest BCUT2D eigenvalue weighted by atomic mass is 10.0. The van der Waals surface area contributed by atoms with Crippen LogP contribution in [0.3, 0.4) is 0 Å². The number of pyridine rings is 1. The number of aromatic nitrogens is 4. The number of nitrogens with zero attached hydrogens (tertiary/aromatic N) is 6. The molecule has 0 N–H and O–H groups in total. The van der Waals surface area contributed by atoms with E-state index in [1.54, 1.807) is 12.3 Å². The molecular weight excluding hydrogens is 319 g/mol. The summed E-state index contributed by atoms with van der Waals surface area (Å²) in [6.45, 7) is 0.991. The van der Waals surface area contributed by atoms with Crippen LogP contribution < -0.4 is 0 Å². The fourth-order valence-corrected chi connectivity index (χ4v) is 2.97. The van der Waals surface area contributed by atoms with Gasteiger partial charge in [0, 0.05) is 11.8 Å². The van der Waals surface area contributed by atoms with Crippen LogP contribution in [0.2, 0.25) is 0 Å². The second-order valence-corrected chi connectivity index (χ2v) is 6.15. The van der Waals surface area contributed by atoms with E-state index in [4.69, 9.17) is 0 Å². The molecule has 7 heteroatoms. The summed E-state index contributed by atoms with van der Waals surface area (Å²) >= 11 is 0. The van der Waals surface area contributed by atoms with Crippen molar-refractivity contribution in [3.05, 3.63) is 71.3 Å². The van der Waals surface area contributed by atoms with Crippen LogP contribution in [0.15, 0.2) is 47.6 Å². The van der Waals surface area contributed by atoms with Crippen LogP contribution in [0, 0.1) is 5.82 Å². The Morgan fingerprint density at radius 1 is 1.16 bits per heavy atom. The molecule has 0 saturated heterocycles. The van der Waals surface area contributed by atoms with Crippen LogP contribution in [-0.4, -0.2) is 44.5 Å². The highest BCUT2D eigenvalue weighted by molar-refractivity contribution is 6.14. The molecule has 25 heavy (non-hydrogen) atoms. The molecule has 0 amide bonds. The van der Waals surface area contributed by atoms with Gasteiger partial charge in [0.1, 0.15) is 12.4 Å². The van der Waals surface area contributed by atoms with E-state index in [1.807, 2.05) is 41.8 Å². The average molecular weight is 336 g/mol. The zero-order chi connectivity index (χ0) is 17.4. The Morgan fingerprint density at radius 2 is 2.04 bits per heavy atom. The number of hydrogen-bond acceptors (Lipinski definition) is 5. The van der Waals surface area contributed by atoms with Crippen molar-refractivity contribution in [1.29, 1.82) is 0 Å². The summed E-state index contributed by atoms with van der Waals surface area (Å²) in [5.41, 5.74) is 2.89. The summed E-state index contributed by atoms with van der Waals surface area (Å²) in [6, 6.07) is 10.3. The van der Waals surface area contributed by atoms with Crippen molar-refractivity contribution in [3.63, 3.8) is 0 Å². The maximum Gasteiger partial charge on any atom is 0.159 e. The summed E-state index contributed by atoms with van der Waals surface area (Å²) in [5, 5.41) is 8.58. The quantitative estimate of drug-likeness (QED) is 0.736. The lowest BCUT2D eigenvalue weighted by Gasteiger charge is -2.15. The topological polar surface area (TPSA) is 59.2 Å². The van der Waals surface area contributed by atoms with E-state index in [0.29, 0.717) is 30.1 Å². The van der Waals surface area contributed by atoms with Gasteiger partial charge in [-0.25, -0.2) is 4.39 Å². The van der Waals surface area contributed by atoms with Gasteiger partial charge in [-0.3, -0.25) is 14.5 Å². The molecule has 0 spiro atoms. The SMILES string of the molecule is CN(C)Cc1nnc2n1-c1ccc(F)cc1C(c1ccccn1)=NC2. The van der Waals surface area contributed by atoms with Gasteiger partial charge in [0.05, 0.1) is 23.6 Å². The molecule has 0 atom stereocenters. The zero-order valence-electron chi connectivity index (χ0n) is 14.0. The molecule has 2 aromatic heterocycles. The van der Waals surface area contributed by atoms with E-state index >= 15 is 0 Å². The van der Waals surface area contributed by atoms with Crippen molar-refractivity contribution in [2.24, 2.45) is 4.99 Å². The van der Waals surface area contributed by atoms with Crippen molar-refractivity contribution >= 4 is 5.71 Å². The summed E-state index contributed by atoms with van der Waals surface area (Å²) in [7, 11) is 3.94. The average Bonchev–Trinajstić information content (AvgIpc) is 2.90. The predicted molar refractivity (Wildman–Crippen MR) is 92.3 cm³/mol. The first-order chi connectivity index (χ1) is 12.1. The third-order valence-corrected chi connectivity index (χ3v) is 4.00. The molecule has 4 rings (SSSR count). The van der Waals surface area contributed by atoms with E-state index in [1.165, 1.54) is 12.1 Å². The minimum atomic E-state index is -0.312. The van der Waals surface area contributed by atoms with Gasteiger partial charge in [-0.15, -0.1) is 10.2 Å². The molecule has 0 fully saturated rings. The van der Waals surface area contributed by atoms with Crippen molar-refractivity contribution in [3.8, 4) is 5.69 Å². The summed E-state index contributed by atoms with van der Waals surface area (Å²) in [6.07, 6.45) is 1.71. The molecule has 0 unspecified atom stereocenters. The normalized spacial score (nSPS) is 13.2. The van der Waals surface area contributed by atoms with E-state index < -0.39 is 0 Å². The standard InChI is InChI=1S/C18H17FN6/c1-24(2)11-17-23-22-16-10-21-18(14-5-3-4-8-20-14)13-9-12(19)6-7-15(13)25(16)17/h3-9H,10-11H2,1-2H3. The molecule has 3 aromatic rings. The second kappa shape index (κ2) is 6.18. The van der Waals surface area contributed by atoms with Gasteiger partial charge in [0.25, 0.3) is 0 Å². The first-order valence-electron chi connectivity index (χ1n) is 7.97. The Labute approximate surface area is 144 Å². The smallest absolute Gasteiger partial charge is 0.159 e. The minimum Gasteiger partial charge on any atom is -0.302 e. The van der Waals surface area contributed by atoms with Crippen LogP contribution >= 0.6 is 0 Å². The predicted octanol–water partition coefficient (Wildman–Crippen LogP) is 2.21. The molecule has 126 valence electrons. The van der Waals surface area contributed by atoms with Crippen LogP contribution in [0.4, 0.5) is 4.39 Å². The Bertz CT molecular complexity index is 945. The van der Waals surface area contributed by atoms with Crippen molar-refractivity contribution in [2.45, 2.75) is 13.1 Å². The number of benzene rings is 1. The summed E-state index contributed by atoms with van der Waals surface area (Å²) in [5.74, 6) is 1.22. The second-order valence-electron chi connectivity index (χ2n) is 6.15. The van der Waals surface area contributed by atoms with Gasteiger partial charge in [-0.05, 0) is 44.4 Å². The Kier molecular flexibility index (Phi) is 3.85. The number of hydrogen-bond donors (Lipinski definition) is 0. The van der Waals surface area contributed by atoms with Crippen molar-refractivity contribution in [1.82, 2.24) is 24.6 Å². The number of rotatable bonds is 3. The van der Waals surface area contributed by atoms with E-state index in [9.17, 15) is 4.39 Å². The third kappa shape index (κ3) is 2.83. The van der Waals surface area contributed by atoms with Gasteiger partial charge < -0.3 is 4.90 Å². The first-order valence-corrected chi connectivity index (χ1v) is 7.97. The van der Waals surface area contributed by atoms with Crippen molar-refractivity contribution < 1.29 is 4.39 Å². The number of fused-ring (bicyclic) bond motifs is 3. The highest BCUT2D eigenvalue weighted by Gasteiger charge is 2.24. The maximum absolute atomic E-state index is 14.0. The van der Waals surface area contributed by atoms with Crippen LogP contribution in [0.5, 0.6) is 0 Å². The summed E-state index contributed by atoms with van der Waals surface area (Å²) < 4.78 is 16.0. The fraction of sp³-hybridized carbons (Fsp3) is 0.222. The fourth-order valence-electron chi connectivity index (χ4n) is 2.97. The van der Waals surface area contributed by atoms with Crippen LogP contribution in [0.1, 0.15) is 22.9 Å². The molecular formula is C18H17FN6. The molecule has 0 saturated carbocycles. The van der Waals surface area contributed by atoms with Gasteiger partial charge >= 0.3 is 0 Å². The van der Waals surface area contributed by atoms with Gasteiger partial charge in [-0.1, -0.05) is 6.07 Å². The van der Waals surface area contributed by atoms with Gasteiger partial charge in [0.2, 0.25) is 0 Å². The van der Waals surface area contributed by atoms with E-state index in [0.717, 1.165) is 17.3 Å². The van der Waals surface area contributed by atoms with Crippen LogP contribution in [0.25, 0.3) is 5.69 Å². The number of aliphatic imine (C=N–C) groups is 1. The summed E-state index contributed by atoms with van der Waals surface area (Å²) in [4.78, 5) is 11.1. The molecule has 0 aliphatic carbocycles. The molecule has 3 heterocycles. The van der Waals surface area contributed by atoms with Gasteiger partial charge in [-0.2, -0.15) is 0 Å². The highest BCUT2D eigenvalue weighted by atomic mass is 19.1. The molecule has 0 radical (unpaired) electrons. The Hall–Kier alpha value is -2.93. The van der Waals surface area contributed by atoms with Crippen molar-refractivity contribution in [2.75, 3.05) is 14.1 Å². The Balaban J connectivity index is 1.94. The molecule has 1 aromatic carbocycles. The van der Waals surface area contributed by atoms with Crippen LogP contribution in [-0.2, 0) is 13.1 Å². The molecule has 6 nitrogen and oxygen atoms in total. The van der Waals surface area contributed by atoms with E-state index in [2.05, 4.69) is 20.2 Å². The molecule has 0 bridgehead atoms. The maximum atomic E-state index is 14.0. The molecule has 1 aliphatic heterocycles. The zero-order valence-corrected chi connectivity index (χ0v) is 14.0. The van der Waals surface area contributed by atoms with Gasteiger partial charge in [0.15, 0.2) is 11.6 Å². The largest absolute Gasteiger partial charge is 0.302 e. The molecule has 1 aliphatic rings. The minimum absolute atomic E-state index is 0.312. The number of halogens is 1. The Morgan fingerprint density at radius 3 is 2.80 bits per heavy atom. The van der Waals surface area contributed by atoms with E-state index in [-0.39, 0.29) is 5.82 Å². The highest BCUT2D eigenvalue weighted by Crippen LogP contribution is 2.26. The lowest BCUT2D eigenvalue weighted by molar-refractivity contribution is 0.387.